The molecule has 0 bridgehead atoms. The molecule has 3 rings (SSSR count). The van der Waals surface area contributed by atoms with Gasteiger partial charge < -0.3 is 20.1 Å². The van der Waals surface area contributed by atoms with E-state index in [0.717, 1.165) is 50.0 Å². The lowest BCUT2D eigenvalue weighted by Gasteiger charge is -2.38. The average molecular weight is 499 g/mol. The van der Waals surface area contributed by atoms with Crippen molar-refractivity contribution >= 4 is 29.9 Å². The van der Waals surface area contributed by atoms with E-state index in [4.69, 9.17) is 9.47 Å². The number of halogens is 1. The lowest BCUT2D eigenvalue weighted by atomic mass is 9.74. The zero-order valence-electron chi connectivity index (χ0n) is 16.8. The third-order valence-corrected chi connectivity index (χ3v) is 5.33. The molecule has 8 heteroatoms. The van der Waals surface area contributed by atoms with Gasteiger partial charge in [-0.2, -0.15) is 5.10 Å². The van der Waals surface area contributed by atoms with Gasteiger partial charge in [0.05, 0.1) is 19.3 Å². The molecule has 0 aliphatic carbocycles. The number of methoxy groups -OCH3 is 1. The van der Waals surface area contributed by atoms with Crippen LogP contribution in [0.2, 0.25) is 0 Å². The highest BCUT2D eigenvalue weighted by Gasteiger charge is 2.34. The minimum Gasteiger partial charge on any atom is -0.497 e. The third kappa shape index (κ3) is 5.38. The fraction of sp³-hybridized carbons (Fsp3) is 0.500. The van der Waals surface area contributed by atoms with E-state index in [2.05, 4.69) is 32.9 Å². The van der Waals surface area contributed by atoms with Gasteiger partial charge in [0.25, 0.3) is 0 Å². The minimum atomic E-state index is 0. The van der Waals surface area contributed by atoms with Crippen LogP contribution in [-0.4, -0.2) is 49.7 Å². The molecule has 28 heavy (non-hydrogen) atoms. The predicted octanol–water partition coefficient (Wildman–Crippen LogP) is 2.46. The number of rotatable bonds is 6. The van der Waals surface area contributed by atoms with E-state index in [1.165, 1.54) is 5.56 Å². The molecule has 0 amide bonds. The molecule has 1 fully saturated rings. The molecule has 1 aromatic carbocycles. The van der Waals surface area contributed by atoms with Crippen LogP contribution in [-0.2, 0) is 23.7 Å². The van der Waals surface area contributed by atoms with Crippen molar-refractivity contribution in [1.29, 1.82) is 0 Å². The van der Waals surface area contributed by atoms with Gasteiger partial charge in [0.2, 0.25) is 0 Å². The van der Waals surface area contributed by atoms with Gasteiger partial charge in [-0.1, -0.05) is 12.1 Å². The van der Waals surface area contributed by atoms with Crippen molar-refractivity contribution in [2.75, 3.05) is 33.9 Å². The Labute approximate surface area is 183 Å². The molecular weight excluding hydrogens is 469 g/mol. The first-order valence-corrected chi connectivity index (χ1v) is 9.30. The molecule has 0 unspecified atom stereocenters. The standard InChI is InChI=1S/C20H29N5O2.HI/c1-21-19(22-14-17-8-11-24-25(17)2)23-15-20(9-12-27-13-10-20)16-4-6-18(26-3)7-5-16;/h4-8,11H,9-10,12-15H2,1-3H3,(H2,21,22,23);1H. The third-order valence-electron chi connectivity index (χ3n) is 5.33. The number of aliphatic imine (C=N–C) groups is 1. The fourth-order valence-corrected chi connectivity index (χ4v) is 3.50. The summed E-state index contributed by atoms with van der Waals surface area (Å²) >= 11 is 0. The molecule has 7 nitrogen and oxygen atoms in total. The molecule has 1 aliphatic heterocycles. The first-order chi connectivity index (χ1) is 13.2. The number of aromatic nitrogens is 2. The van der Waals surface area contributed by atoms with Gasteiger partial charge in [-0.05, 0) is 36.6 Å². The summed E-state index contributed by atoms with van der Waals surface area (Å²) in [5.41, 5.74) is 2.43. The summed E-state index contributed by atoms with van der Waals surface area (Å²) in [6.45, 7) is 3.02. The lowest BCUT2D eigenvalue weighted by molar-refractivity contribution is 0.0513. The number of nitrogens with one attached hydrogen (secondary N) is 2. The topological polar surface area (TPSA) is 72.7 Å². The largest absolute Gasteiger partial charge is 0.497 e. The van der Waals surface area contributed by atoms with E-state index in [1.807, 2.05) is 29.9 Å². The van der Waals surface area contributed by atoms with Crippen molar-refractivity contribution in [1.82, 2.24) is 20.4 Å². The molecule has 2 heterocycles. The molecule has 0 atom stereocenters. The Morgan fingerprint density at radius 2 is 1.93 bits per heavy atom. The van der Waals surface area contributed by atoms with E-state index in [1.54, 1.807) is 20.4 Å². The van der Waals surface area contributed by atoms with Crippen LogP contribution < -0.4 is 15.4 Å². The number of nitrogens with zero attached hydrogens (tertiary/aromatic N) is 3. The van der Waals surface area contributed by atoms with Gasteiger partial charge in [-0.15, -0.1) is 24.0 Å². The Hall–Kier alpha value is -1.81. The first kappa shape index (κ1) is 22.5. The summed E-state index contributed by atoms with van der Waals surface area (Å²) in [5, 5.41) is 11.1. The van der Waals surface area contributed by atoms with Gasteiger partial charge in [0.1, 0.15) is 5.75 Å². The summed E-state index contributed by atoms with van der Waals surface area (Å²) < 4.78 is 12.8. The van der Waals surface area contributed by atoms with Crippen molar-refractivity contribution in [2.24, 2.45) is 12.0 Å². The smallest absolute Gasteiger partial charge is 0.191 e. The lowest BCUT2D eigenvalue weighted by Crippen LogP contribution is -2.48. The molecule has 0 radical (unpaired) electrons. The summed E-state index contributed by atoms with van der Waals surface area (Å²) in [4.78, 5) is 4.37. The quantitative estimate of drug-likeness (QED) is 0.363. The average Bonchev–Trinajstić information content (AvgIpc) is 3.13. The summed E-state index contributed by atoms with van der Waals surface area (Å²) in [7, 11) is 5.43. The van der Waals surface area contributed by atoms with E-state index in [9.17, 15) is 0 Å². The number of hydrogen-bond acceptors (Lipinski definition) is 4. The molecule has 0 spiro atoms. The van der Waals surface area contributed by atoms with Crippen LogP contribution in [0.5, 0.6) is 5.75 Å². The maximum absolute atomic E-state index is 5.63. The fourth-order valence-electron chi connectivity index (χ4n) is 3.50. The summed E-state index contributed by atoms with van der Waals surface area (Å²) in [6, 6.07) is 10.4. The van der Waals surface area contributed by atoms with Gasteiger partial charge in [0.15, 0.2) is 5.96 Å². The van der Waals surface area contributed by atoms with Crippen molar-refractivity contribution in [3.63, 3.8) is 0 Å². The first-order valence-electron chi connectivity index (χ1n) is 9.30. The van der Waals surface area contributed by atoms with Crippen LogP contribution in [0.4, 0.5) is 0 Å². The Morgan fingerprint density at radius 1 is 1.21 bits per heavy atom. The highest BCUT2D eigenvalue weighted by molar-refractivity contribution is 14.0. The van der Waals surface area contributed by atoms with Crippen LogP contribution in [0.1, 0.15) is 24.1 Å². The van der Waals surface area contributed by atoms with Crippen LogP contribution in [0, 0.1) is 0 Å². The molecular formula is C20H30IN5O2. The summed E-state index contributed by atoms with van der Waals surface area (Å²) in [5.74, 6) is 1.66. The van der Waals surface area contributed by atoms with Crippen molar-refractivity contribution in [2.45, 2.75) is 24.8 Å². The second kappa shape index (κ2) is 10.7. The minimum absolute atomic E-state index is 0. The zero-order valence-corrected chi connectivity index (χ0v) is 19.1. The maximum Gasteiger partial charge on any atom is 0.191 e. The molecule has 2 N–H and O–H groups in total. The number of guanidine groups is 1. The number of hydrogen-bond donors (Lipinski definition) is 2. The van der Waals surface area contributed by atoms with Gasteiger partial charge >= 0.3 is 0 Å². The second-order valence-electron chi connectivity index (χ2n) is 6.85. The molecule has 0 saturated carbocycles. The van der Waals surface area contributed by atoms with Crippen LogP contribution in [0.15, 0.2) is 41.5 Å². The highest BCUT2D eigenvalue weighted by atomic mass is 127. The van der Waals surface area contributed by atoms with Gasteiger partial charge in [-0.25, -0.2) is 0 Å². The Bertz CT molecular complexity index is 754. The van der Waals surface area contributed by atoms with Crippen molar-refractivity contribution in [3.8, 4) is 5.75 Å². The number of ether oxygens (including phenoxy) is 2. The van der Waals surface area contributed by atoms with Gasteiger partial charge in [0, 0.05) is 45.5 Å². The molecule has 1 aliphatic rings. The zero-order chi connectivity index (χ0) is 19.1. The van der Waals surface area contributed by atoms with E-state index >= 15 is 0 Å². The van der Waals surface area contributed by atoms with E-state index in [-0.39, 0.29) is 29.4 Å². The van der Waals surface area contributed by atoms with Crippen LogP contribution >= 0.6 is 24.0 Å². The van der Waals surface area contributed by atoms with Crippen LogP contribution in [0.25, 0.3) is 0 Å². The van der Waals surface area contributed by atoms with Crippen molar-refractivity contribution < 1.29 is 9.47 Å². The van der Waals surface area contributed by atoms with Crippen LogP contribution in [0.3, 0.4) is 0 Å². The van der Waals surface area contributed by atoms with Gasteiger partial charge in [-0.3, -0.25) is 9.67 Å². The highest BCUT2D eigenvalue weighted by Crippen LogP contribution is 2.35. The molecule has 2 aromatic rings. The number of benzene rings is 1. The Balaban J connectivity index is 0.00000280. The second-order valence-corrected chi connectivity index (χ2v) is 6.85. The molecule has 1 saturated heterocycles. The Kier molecular flexibility index (Phi) is 8.56. The van der Waals surface area contributed by atoms with Crippen molar-refractivity contribution in [3.05, 3.63) is 47.8 Å². The predicted molar refractivity (Wildman–Crippen MR) is 122 cm³/mol. The maximum atomic E-state index is 5.63. The Morgan fingerprint density at radius 3 is 2.50 bits per heavy atom. The normalized spacial score (nSPS) is 16.2. The van der Waals surface area contributed by atoms with E-state index in [0.29, 0.717) is 6.54 Å². The molecule has 154 valence electrons. The monoisotopic (exact) mass is 499 g/mol. The number of aryl methyl sites for hydroxylation is 1. The SMILES string of the molecule is CN=C(NCc1ccnn1C)NCC1(c2ccc(OC)cc2)CCOCC1.I. The summed E-state index contributed by atoms with van der Waals surface area (Å²) in [6.07, 6.45) is 3.75. The molecule has 1 aromatic heterocycles. The van der Waals surface area contributed by atoms with E-state index < -0.39 is 0 Å².